The summed E-state index contributed by atoms with van der Waals surface area (Å²) >= 11 is 0. The average molecular weight is 421 g/mol. The molecule has 160 valence electrons. The van der Waals surface area contributed by atoms with Gasteiger partial charge in [-0.15, -0.1) is 0 Å². The molecule has 3 aromatic rings. The van der Waals surface area contributed by atoms with Gasteiger partial charge in [-0.2, -0.15) is 4.57 Å². The highest BCUT2D eigenvalue weighted by Crippen LogP contribution is 2.60. The van der Waals surface area contributed by atoms with Crippen LogP contribution in [0.15, 0.2) is 24.3 Å². The molecule has 3 N–H and O–H groups in total. The van der Waals surface area contributed by atoms with Crippen molar-refractivity contribution in [3.63, 3.8) is 0 Å². The van der Waals surface area contributed by atoms with E-state index in [-0.39, 0.29) is 24.4 Å². The summed E-state index contributed by atoms with van der Waals surface area (Å²) in [6.07, 6.45) is -0.851. The number of anilines is 1. The van der Waals surface area contributed by atoms with Crippen LogP contribution in [0.3, 0.4) is 0 Å². The first kappa shape index (κ1) is 18.6. The van der Waals surface area contributed by atoms with Gasteiger partial charge in [0.05, 0.1) is 17.5 Å². The van der Waals surface area contributed by atoms with Crippen molar-refractivity contribution in [3.8, 4) is 5.75 Å². The molecule has 1 aromatic heterocycles. The smallest absolute Gasteiger partial charge is 0.404 e. The fourth-order valence-corrected chi connectivity index (χ4v) is 5.86. The van der Waals surface area contributed by atoms with E-state index in [1.54, 1.807) is 7.11 Å². The van der Waals surface area contributed by atoms with Gasteiger partial charge in [-0.1, -0.05) is 17.9 Å². The molecule has 1 amide bonds. The van der Waals surface area contributed by atoms with E-state index >= 15 is 0 Å². The second kappa shape index (κ2) is 5.95. The number of piperazine rings is 1. The van der Waals surface area contributed by atoms with Crippen LogP contribution >= 0.6 is 0 Å². The molecule has 6 rings (SSSR count). The maximum Gasteiger partial charge on any atom is 0.404 e. The highest BCUT2D eigenvalue weighted by atomic mass is 16.6. The van der Waals surface area contributed by atoms with E-state index in [1.807, 2.05) is 38.2 Å². The van der Waals surface area contributed by atoms with E-state index in [2.05, 4.69) is 14.8 Å². The quantitative estimate of drug-likeness (QED) is 0.354. The first-order valence-corrected chi connectivity index (χ1v) is 10.3. The van der Waals surface area contributed by atoms with Gasteiger partial charge < -0.3 is 30.5 Å². The monoisotopic (exact) mass is 421 g/mol. The third-order valence-corrected chi connectivity index (χ3v) is 7.23. The molecule has 3 aliphatic rings. The predicted molar refractivity (Wildman–Crippen MR) is 111 cm³/mol. The van der Waals surface area contributed by atoms with Gasteiger partial charge in [-0.25, -0.2) is 9.78 Å². The largest absolute Gasteiger partial charge is 0.871 e. The molecule has 2 fully saturated rings. The number of fused-ring (bicyclic) bond motifs is 8. The predicted octanol–water partition coefficient (Wildman–Crippen LogP) is 0.290. The van der Waals surface area contributed by atoms with Crippen LogP contribution in [0, 0.1) is 6.92 Å². The van der Waals surface area contributed by atoms with Crippen LogP contribution in [0.5, 0.6) is 5.75 Å². The zero-order chi connectivity index (χ0) is 21.7. The lowest BCUT2D eigenvalue weighted by Crippen LogP contribution is -2.54. The standard InChI is InChI=1S/C22H23N5O4/c1-10-16-17(26(2)14-7-5-4-6-12(14)24-16)15-11(9-31-21(23)29)22(30-3)20-13(25-20)8-27(22)18(15)19(10)28/h4-7,11,13,20,25H,8-9H2,1-3H3,(H2-,23,24,28,29)/t11-,13+,20+,22-/m1/s1. The lowest BCUT2D eigenvalue weighted by molar-refractivity contribution is -0.618. The molecule has 0 unspecified atom stereocenters. The Bertz CT molecular complexity index is 1290. The van der Waals surface area contributed by atoms with Crippen molar-refractivity contribution in [2.24, 2.45) is 12.8 Å². The third-order valence-electron chi connectivity index (χ3n) is 7.23. The van der Waals surface area contributed by atoms with Crippen LogP contribution in [-0.2, 0) is 16.5 Å². The lowest BCUT2D eigenvalue weighted by Gasteiger charge is -2.39. The normalized spacial score (nSPS) is 28.0. The molecule has 0 radical (unpaired) electrons. The van der Waals surface area contributed by atoms with Crippen molar-refractivity contribution in [2.45, 2.75) is 30.7 Å². The first-order chi connectivity index (χ1) is 14.9. The minimum Gasteiger partial charge on any atom is -0.871 e. The number of hydrogen-bond acceptors (Lipinski definition) is 7. The van der Waals surface area contributed by atoms with Gasteiger partial charge in [0.2, 0.25) is 11.0 Å². The van der Waals surface area contributed by atoms with Crippen LogP contribution < -0.4 is 25.6 Å². The second-order valence-electron chi connectivity index (χ2n) is 8.57. The van der Waals surface area contributed by atoms with E-state index in [1.165, 1.54) is 0 Å². The van der Waals surface area contributed by atoms with Crippen molar-refractivity contribution in [3.05, 3.63) is 35.4 Å². The number of aromatic nitrogens is 2. The number of benzene rings is 2. The Morgan fingerprint density at radius 1 is 1.45 bits per heavy atom. The fraction of sp³-hybridized carbons (Fsp3) is 0.409. The van der Waals surface area contributed by atoms with Crippen LogP contribution in [0.4, 0.5) is 10.5 Å². The summed E-state index contributed by atoms with van der Waals surface area (Å²) in [4.78, 5) is 18.4. The molecule has 9 heteroatoms. The molecule has 0 spiro atoms. The maximum absolute atomic E-state index is 13.6. The number of aryl methyl sites for hydroxylation is 2. The van der Waals surface area contributed by atoms with Crippen molar-refractivity contribution in [1.29, 1.82) is 0 Å². The van der Waals surface area contributed by atoms with Gasteiger partial charge in [0.1, 0.15) is 24.7 Å². The molecular formula is C22H23N5O4. The number of carbonyl (C=O) groups excluding carboxylic acids is 1. The van der Waals surface area contributed by atoms with E-state index in [0.29, 0.717) is 23.3 Å². The SMILES string of the molecule is CO[C@@]12[C@H](COC(N)=O)c3c(c([O-])c(C)c4nc5ccccc5[n+](C)c34)N1C[C@@H]1N[C@@H]12. The number of nitrogens with one attached hydrogen (secondary N) is 1. The number of methoxy groups -OCH3 is 1. The molecule has 3 aliphatic heterocycles. The number of ether oxygens (including phenoxy) is 2. The fourth-order valence-electron chi connectivity index (χ4n) is 5.86. The molecule has 0 aliphatic carbocycles. The molecule has 0 saturated carbocycles. The molecule has 2 saturated heterocycles. The average Bonchev–Trinajstić information content (AvgIpc) is 3.37. The topological polar surface area (TPSA) is 127 Å². The van der Waals surface area contributed by atoms with Crippen LogP contribution in [0.25, 0.3) is 22.1 Å². The van der Waals surface area contributed by atoms with Crippen molar-refractivity contribution < 1.29 is 23.9 Å². The van der Waals surface area contributed by atoms with E-state index in [4.69, 9.17) is 20.2 Å². The van der Waals surface area contributed by atoms with Crippen molar-refractivity contribution >= 4 is 33.8 Å². The van der Waals surface area contributed by atoms with Crippen molar-refractivity contribution in [2.75, 3.05) is 25.2 Å². The Kier molecular flexibility index (Phi) is 3.57. The molecule has 0 bridgehead atoms. The number of carbonyl (C=O) groups is 1. The summed E-state index contributed by atoms with van der Waals surface area (Å²) in [6, 6.07) is 8.12. The lowest BCUT2D eigenvalue weighted by atomic mass is 9.88. The second-order valence-corrected chi connectivity index (χ2v) is 8.57. The Morgan fingerprint density at radius 3 is 2.97 bits per heavy atom. The molecule has 4 heterocycles. The van der Waals surface area contributed by atoms with Crippen molar-refractivity contribution in [1.82, 2.24) is 10.3 Å². The summed E-state index contributed by atoms with van der Waals surface area (Å²) in [5.41, 5.74) is 9.80. The Hall–Kier alpha value is -3.17. The number of nitrogens with two attached hydrogens (primary N) is 1. The Morgan fingerprint density at radius 2 is 2.23 bits per heavy atom. The number of amides is 1. The van der Waals surface area contributed by atoms with E-state index in [0.717, 1.165) is 22.1 Å². The summed E-state index contributed by atoms with van der Waals surface area (Å²) in [7, 11) is 3.62. The number of rotatable bonds is 3. The maximum atomic E-state index is 13.6. The highest BCUT2D eigenvalue weighted by Gasteiger charge is 2.71. The zero-order valence-corrected chi connectivity index (χ0v) is 17.5. The zero-order valence-electron chi connectivity index (χ0n) is 17.5. The number of primary amides is 1. The minimum atomic E-state index is -0.851. The summed E-state index contributed by atoms with van der Waals surface area (Å²) in [6.45, 7) is 2.50. The van der Waals surface area contributed by atoms with Crippen LogP contribution in [-0.4, -0.2) is 49.1 Å². The first-order valence-electron chi connectivity index (χ1n) is 10.3. The summed E-state index contributed by atoms with van der Waals surface area (Å²) in [5, 5.41) is 17.1. The van der Waals surface area contributed by atoms with Gasteiger partial charge in [0, 0.05) is 31.5 Å². The Balaban J connectivity index is 1.73. The van der Waals surface area contributed by atoms with Gasteiger partial charge in [0.25, 0.3) is 0 Å². The number of para-hydroxylation sites is 2. The summed E-state index contributed by atoms with van der Waals surface area (Å²) < 4.78 is 13.5. The van der Waals surface area contributed by atoms with Gasteiger partial charge >= 0.3 is 6.09 Å². The van der Waals surface area contributed by atoms with E-state index in [9.17, 15) is 9.90 Å². The van der Waals surface area contributed by atoms with Crippen LogP contribution in [0.2, 0.25) is 0 Å². The molecule has 9 nitrogen and oxygen atoms in total. The van der Waals surface area contributed by atoms with Gasteiger partial charge in [-0.3, -0.25) is 0 Å². The highest BCUT2D eigenvalue weighted by molar-refractivity contribution is 5.95. The number of hydrogen-bond donors (Lipinski definition) is 2. The Labute approximate surface area is 178 Å². The molecule has 4 atom stereocenters. The van der Waals surface area contributed by atoms with Crippen LogP contribution in [0.1, 0.15) is 17.0 Å². The van der Waals surface area contributed by atoms with E-state index < -0.39 is 17.7 Å². The summed E-state index contributed by atoms with van der Waals surface area (Å²) in [5.74, 6) is -0.454. The number of nitrogens with zero attached hydrogens (tertiary/aromatic N) is 3. The molecule has 2 aromatic carbocycles. The minimum absolute atomic E-state index is 0.0159. The van der Waals surface area contributed by atoms with Gasteiger partial charge in [0.15, 0.2) is 5.72 Å². The molecule has 31 heavy (non-hydrogen) atoms. The van der Waals surface area contributed by atoms with Gasteiger partial charge in [-0.05, 0) is 18.6 Å². The third kappa shape index (κ3) is 2.14. The molecular weight excluding hydrogens is 398 g/mol.